The Kier molecular flexibility index (Phi) is 4.87. The number of carbonyl (C=O) groups is 2. The molecule has 0 atom stereocenters. The molecule has 3 aromatic rings. The van der Waals surface area contributed by atoms with E-state index >= 15 is 0 Å². The minimum absolute atomic E-state index is 0.212. The third-order valence-electron chi connectivity index (χ3n) is 5.96. The van der Waals surface area contributed by atoms with E-state index in [0.717, 1.165) is 29.6 Å². The van der Waals surface area contributed by atoms with Crippen LogP contribution in [0.2, 0.25) is 0 Å². The molecule has 0 saturated carbocycles. The van der Waals surface area contributed by atoms with E-state index < -0.39 is 0 Å². The molecule has 152 valence electrons. The molecule has 2 amide bonds. The average molecular weight is 400 g/mol. The lowest BCUT2D eigenvalue weighted by Gasteiger charge is -2.19. The molecule has 0 spiro atoms. The molecule has 2 heterocycles. The highest BCUT2D eigenvalue weighted by Gasteiger charge is 2.34. The third kappa shape index (κ3) is 3.30. The molecular weight excluding hydrogens is 376 g/mol. The van der Waals surface area contributed by atoms with Crippen molar-refractivity contribution in [1.29, 1.82) is 0 Å². The normalized spacial score (nSPS) is 15.9. The Bertz CT molecular complexity index is 1080. The first-order valence-corrected chi connectivity index (χ1v) is 10.6. The van der Waals surface area contributed by atoms with Gasteiger partial charge in [0.25, 0.3) is 11.8 Å². The fraction of sp³-hybridized carbons (Fsp3) is 0.280. The van der Waals surface area contributed by atoms with Crippen molar-refractivity contribution in [2.45, 2.75) is 19.3 Å². The highest BCUT2D eigenvalue weighted by atomic mass is 16.5. The van der Waals surface area contributed by atoms with Crippen LogP contribution in [0.15, 0.2) is 60.7 Å². The second-order valence-electron chi connectivity index (χ2n) is 7.87. The number of fused-ring (bicyclic) bond motifs is 2. The topological polar surface area (TPSA) is 49.9 Å². The van der Waals surface area contributed by atoms with Crippen LogP contribution in [0.5, 0.6) is 5.75 Å². The van der Waals surface area contributed by atoms with E-state index in [0.29, 0.717) is 30.7 Å². The molecule has 2 aliphatic rings. The molecule has 0 bridgehead atoms. The number of amides is 2. The predicted molar refractivity (Wildman–Crippen MR) is 117 cm³/mol. The van der Waals surface area contributed by atoms with Gasteiger partial charge in [0.15, 0.2) is 0 Å². The van der Waals surface area contributed by atoms with Gasteiger partial charge in [0.05, 0.1) is 17.7 Å². The Morgan fingerprint density at radius 1 is 0.833 bits per heavy atom. The van der Waals surface area contributed by atoms with E-state index in [1.807, 2.05) is 12.1 Å². The summed E-state index contributed by atoms with van der Waals surface area (Å²) in [6, 6.07) is 19.6. The van der Waals surface area contributed by atoms with E-state index in [-0.39, 0.29) is 11.8 Å². The Morgan fingerprint density at radius 3 is 2.30 bits per heavy atom. The number of imide groups is 1. The van der Waals surface area contributed by atoms with E-state index in [2.05, 4.69) is 29.2 Å². The van der Waals surface area contributed by atoms with Crippen LogP contribution >= 0.6 is 0 Å². The zero-order valence-corrected chi connectivity index (χ0v) is 16.8. The molecule has 5 nitrogen and oxygen atoms in total. The molecule has 0 aliphatic carbocycles. The van der Waals surface area contributed by atoms with Crippen molar-refractivity contribution < 1.29 is 14.3 Å². The third-order valence-corrected chi connectivity index (χ3v) is 5.96. The van der Waals surface area contributed by atoms with Crippen LogP contribution in [0, 0.1) is 0 Å². The molecule has 2 aliphatic heterocycles. The van der Waals surface area contributed by atoms with Crippen molar-refractivity contribution in [3.05, 3.63) is 71.8 Å². The van der Waals surface area contributed by atoms with Crippen LogP contribution in [0.3, 0.4) is 0 Å². The minimum atomic E-state index is -0.212. The van der Waals surface area contributed by atoms with Crippen molar-refractivity contribution in [2.24, 2.45) is 0 Å². The van der Waals surface area contributed by atoms with Crippen molar-refractivity contribution in [3.8, 4) is 5.75 Å². The van der Waals surface area contributed by atoms with Gasteiger partial charge in [-0.3, -0.25) is 14.5 Å². The monoisotopic (exact) mass is 400 g/mol. The molecule has 0 radical (unpaired) electrons. The average Bonchev–Trinajstić information content (AvgIpc) is 3.40. The van der Waals surface area contributed by atoms with Gasteiger partial charge < -0.3 is 9.64 Å². The van der Waals surface area contributed by atoms with Gasteiger partial charge in [-0.25, -0.2) is 0 Å². The predicted octanol–water partition coefficient (Wildman–Crippen LogP) is 4.51. The second-order valence-corrected chi connectivity index (χ2v) is 7.87. The molecular formula is C25H24N2O3. The summed E-state index contributed by atoms with van der Waals surface area (Å²) in [5, 5.41) is 2.25. The fourth-order valence-corrected chi connectivity index (χ4v) is 4.38. The molecule has 5 rings (SSSR count). The van der Waals surface area contributed by atoms with Gasteiger partial charge >= 0.3 is 0 Å². The minimum Gasteiger partial charge on any atom is -0.493 e. The van der Waals surface area contributed by atoms with Crippen LogP contribution in [-0.2, 0) is 0 Å². The van der Waals surface area contributed by atoms with Crippen molar-refractivity contribution in [1.82, 2.24) is 4.90 Å². The summed E-state index contributed by atoms with van der Waals surface area (Å²) >= 11 is 0. The zero-order chi connectivity index (χ0) is 20.5. The number of ether oxygens (including phenoxy) is 1. The summed E-state index contributed by atoms with van der Waals surface area (Å²) in [7, 11) is 0. The zero-order valence-electron chi connectivity index (χ0n) is 16.8. The SMILES string of the molecule is O=C1c2ccccc2C(=O)N1CCCOc1cccc2ccc(N3CCCC3)cc12. The number of carbonyl (C=O) groups excluding carboxylic acids is 2. The van der Waals surface area contributed by atoms with E-state index in [1.165, 1.54) is 23.4 Å². The Hall–Kier alpha value is -3.34. The molecule has 0 unspecified atom stereocenters. The summed E-state index contributed by atoms with van der Waals surface area (Å²) in [5.41, 5.74) is 2.22. The second kappa shape index (κ2) is 7.82. The van der Waals surface area contributed by atoms with Crippen molar-refractivity contribution in [3.63, 3.8) is 0 Å². The maximum absolute atomic E-state index is 12.5. The molecule has 3 aromatic carbocycles. The number of hydrogen-bond acceptors (Lipinski definition) is 4. The van der Waals surface area contributed by atoms with Gasteiger partial charge in [-0.1, -0.05) is 30.3 Å². The van der Waals surface area contributed by atoms with Gasteiger partial charge in [0.2, 0.25) is 0 Å². The van der Waals surface area contributed by atoms with Gasteiger partial charge in [0.1, 0.15) is 5.75 Å². The maximum Gasteiger partial charge on any atom is 0.261 e. The Morgan fingerprint density at radius 2 is 1.57 bits per heavy atom. The standard InChI is InChI=1S/C25H24N2O3/c28-24-20-8-1-2-9-21(20)25(29)27(24)15-6-16-30-23-10-5-7-18-11-12-19(17-22(18)23)26-13-3-4-14-26/h1-2,5,7-12,17H,3-4,6,13-16H2. The van der Waals surface area contributed by atoms with Crippen LogP contribution < -0.4 is 9.64 Å². The summed E-state index contributed by atoms with van der Waals surface area (Å²) in [6.07, 6.45) is 3.08. The first-order chi connectivity index (χ1) is 14.7. The van der Waals surface area contributed by atoms with Gasteiger partial charge in [-0.15, -0.1) is 0 Å². The molecule has 0 aromatic heterocycles. The number of rotatable bonds is 6. The van der Waals surface area contributed by atoms with Crippen molar-refractivity contribution >= 4 is 28.3 Å². The Balaban J connectivity index is 1.25. The lowest BCUT2D eigenvalue weighted by molar-refractivity contribution is 0.0647. The molecule has 5 heteroatoms. The number of anilines is 1. The van der Waals surface area contributed by atoms with Crippen LogP contribution in [-0.4, -0.2) is 43.0 Å². The Labute approximate surface area is 175 Å². The first kappa shape index (κ1) is 18.7. The first-order valence-electron chi connectivity index (χ1n) is 10.6. The quantitative estimate of drug-likeness (QED) is 0.451. The molecule has 1 saturated heterocycles. The van der Waals surface area contributed by atoms with Crippen LogP contribution in [0.25, 0.3) is 10.8 Å². The van der Waals surface area contributed by atoms with Crippen molar-refractivity contribution in [2.75, 3.05) is 31.1 Å². The summed E-state index contributed by atoms with van der Waals surface area (Å²) in [5.74, 6) is 0.419. The van der Waals surface area contributed by atoms with Gasteiger partial charge in [0, 0.05) is 30.7 Å². The lowest BCUT2D eigenvalue weighted by Crippen LogP contribution is -2.31. The number of benzene rings is 3. The van der Waals surface area contributed by atoms with E-state index in [4.69, 9.17) is 4.74 Å². The summed E-state index contributed by atoms with van der Waals surface area (Å²) < 4.78 is 6.08. The molecule has 1 fully saturated rings. The highest BCUT2D eigenvalue weighted by molar-refractivity contribution is 6.21. The van der Waals surface area contributed by atoms with E-state index in [9.17, 15) is 9.59 Å². The van der Waals surface area contributed by atoms with Crippen LogP contribution in [0.1, 0.15) is 40.0 Å². The highest BCUT2D eigenvalue weighted by Crippen LogP contribution is 2.31. The smallest absolute Gasteiger partial charge is 0.261 e. The largest absolute Gasteiger partial charge is 0.493 e. The van der Waals surface area contributed by atoms with E-state index in [1.54, 1.807) is 24.3 Å². The summed E-state index contributed by atoms with van der Waals surface area (Å²) in [6.45, 7) is 3.01. The van der Waals surface area contributed by atoms with Crippen LogP contribution in [0.4, 0.5) is 5.69 Å². The number of nitrogens with zero attached hydrogens (tertiary/aromatic N) is 2. The van der Waals surface area contributed by atoms with Gasteiger partial charge in [-0.05, 0) is 55.0 Å². The summed E-state index contributed by atoms with van der Waals surface area (Å²) in [4.78, 5) is 28.7. The fourth-order valence-electron chi connectivity index (χ4n) is 4.38. The maximum atomic E-state index is 12.5. The lowest BCUT2D eigenvalue weighted by atomic mass is 10.1. The molecule has 0 N–H and O–H groups in total. The molecule has 30 heavy (non-hydrogen) atoms. The number of hydrogen-bond donors (Lipinski definition) is 0. The van der Waals surface area contributed by atoms with Gasteiger partial charge in [-0.2, -0.15) is 0 Å².